The van der Waals surface area contributed by atoms with E-state index in [9.17, 15) is 19.2 Å². The van der Waals surface area contributed by atoms with Gasteiger partial charge in [0.15, 0.2) is 5.78 Å². The van der Waals surface area contributed by atoms with Gasteiger partial charge in [0.25, 0.3) is 5.91 Å². The highest BCUT2D eigenvalue weighted by molar-refractivity contribution is 6.41. The van der Waals surface area contributed by atoms with Crippen LogP contribution in [0, 0.1) is 5.92 Å². The van der Waals surface area contributed by atoms with Crippen LogP contribution in [-0.4, -0.2) is 30.6 Å². The minimum Gasteiger partial charge on any atom is -0.469 e. The van der Waals surface area contributed by atoms with Crippen molar-refractivity contribution in [1.82, 2.24) is 0 Å². The van der Waals surface area contributed by atoms with E-state index in [1.54, 1.807) is 18.2 Å². The summed E-state index contributed by atoms with van der Waals surface area (Å²) in [6, 6.07) is 7.89. The van der Waals surface area contributed by atoms with Crippen molar-refractivity contribution in [1.29, 1.82) is 0 Å². The van der Waals surface area contributed by atoms with E-state index < -0.39 is 35.8 Å². The Morgan fingerprint density at radius 1 is 1.16 bits per heavy atom. The van der Waals surface area contributed by atoms with E-state index in [4.69, 9.17) is 5.73 Å². The Bertz CT molecular complexity index is 509. The van der Waals surface area contributed by atoms with Crippen LogP contribution >= 0.6 is 0 Å². The monoisotopic (exact) mass is 263 g/mol. The number of carbonyl (C=O) groups excluding carboxylic acids is 4. The summed E-state index contributed by atoms with van der Waals surface area (Å²) in [5.41, 5.74) is 5.10. The topological polar surface area (TPSA) is 104 Å². The smallest absolute Gasteiger partial charge is 0.306 e. The van der Waals surface area contributed by atoms with Crippen LogP contribution in [0.4, 0.5) is 0 Å². The van der Waals surface area contributed by atoms with E-state index in [0.29, 0.717) is 0 Å². The van der Waals surface area contributed by atoms with Crippen LogP contribution in [-0.2, 0) is 19.1 Å². The van der Waals surface area contributed by atoms with Gasteiger partial charge >= 0.3 is 5.97 Å². The van der Waals surface area contributed by atoms with Crippen LogP contribution in [0.3, 0.4) is 0 Å². The Kier molecular flexibility index (Phi) is 4.93. The van der Waals surface area contributed by atoms with E-state index in [0.717, 1.165) is 7.11 Å². The summed E-state index contributed by atoms with van der Waals surface area (Å²) in [5.74, 6) is -5.18. The first-order valence-corrected chi connectivity index (χ1v) is 5.47. The SMILES string of the molecule is COC(=O)C[C@H](C(=O)C(N)=O)C(=O)c1ccccc1. The lowest BCUT2D eigenvalue weighted by molar-refractivity contribution is -0.144. The zero-order valence-corrected chi connectivity index (χ0v) is 10.3. The van der Waals surface area contributed by atoms with Crippen LogP contribution in [0.5, 0.6) is 0 Å². The van der Waals surface area contributed by atoms with Gasteiger partial charge in [0.2, 0.25) is 5.78 Å². The first kappa shape index (κ1) is 14.6. The van der Waals surface area contributed by atoms with Crippen molar-refractivity contribution in [3.05, 3.63) is 35.9 Å². The summed E-state index contributed by atoms with van der Waals surface area (Å²) in [5, 5.41) is 0. The van der Waals surface area contributed by atoms with Gasteiger partial charge in [0, 0.05) is 5.56 Å². The fourth-order valence-corrected chi connectivity index (χ4v) is 1.53. The molecule has 1 aromatic rings. The van der Waals surface area contributed by atoms with Crippen LogP contribution in [0.15, 0.2) is 30.3 Å². The number of amides is 1. The Balaban J connectivity index is 3.03. The molecule has 0 aromatic heterocycles. The molecule has 0 aliphatic rings. The van der Waals surface area contributed by atoms with Crippen LogP contribution in [0.2, 0.25) is 0 Å². The van der Waals surface area contributed by atoms with Crippen molar-refractivity contribution < 1.29 is 23.9 Å². The predicted octanol–water partition coefficient (Wildman–Crippen LogP) is 0.103. The summed E-state index contributed by atoms with van der Waals surface area (Å²) >= 11 is 0. The second-order valence-corrected chi connectivity index (χ2v) is 3.79. The van der Waals surface area contributed by atoms with Gasteiger partial charge in [0.05, 0.1) is 13.5 Å². The van der Waals surface area contributed by atoms with Gasteiger partial charge in [-0.05, 0) is 0 Å². The van der Waals surface area contributed by atoms with Gasteiger partial charge in [-0.1, -0.05) is 30.3 Å². The highest BCUT2D eigenvalue weighted by Gasteiger charge is 2.33. The molecule has 0 spiro atoms. The van der Waals surface area contributed by atoms with E-state index in [-0.39, 0.29) is 5.56 Å². The predicted molar refractivity (Wildman–Crippen MR) is 65.1 cm³/mol. The number of ketones is 2. The molecule has 1 atom stereocenters. The highest BCUT2D eigenvalue weighted by Crippen LogP contribution is 2.14. The molecule has 0 radical (unpaired) electrons. The summed E-state index contributed by atoms with van der Waals surface area (Å²) in [7, 11) is 1.13. The first-order chi connectivity index (χ1) is 8.97. The second kappa shape index (κ2) is 6.44. The van der Waals surface area contributed by atoms with Crippen molar-refractivity contribution in [2.45, 2.75) is 6.42 Å². The molecule has 0 fully saturated rings. The number of ether oxygens (including phenoxy) is 1. The summed E-state index contributed by atoms with van der Waals surface area (Å²) in [4.78, 5) is 45.8. The maximum Gasteiger partial charge on any atom is 0.306 e. The first-order valence-electron chi connectivity index (χ1n) is 5.47. The number of primary amides is 1. The quantitative estimate of drug-likeness (QED) is 0.339. The number of nitrogens with two attached hydrogens (primary N) is 1. The van der Waals surface area contributed by atoms with E-state index in [1.807, 2.05) is 0 Å². The number of rotatable bonds is 6. The third-order valence-electron chi connectivity index (χ3n) is 2.53. The van der Waals surface area contributed by atoms with Crippen molar-refractivity contribution in [3.63, 3.8) is 0 Å². The Hall–Kier alpha value is -2.50. The molecule has 6 heteroatoms. The zero-order chi connectivity index (χ0) is 14.4. The molecular weight excluding hydrogens is 250 g/mol. The van der Waals surface area contributed by atoms with Gasteiger partial charge in [-0.3, -0.25) is 19.2 Å². The van der Waals surface area contributed by atoms with Crippen molar-refractivity contribution in [2.75, 3.05) is 7.11 Å². The second-order valence-electron chi connectivity index (χ2n) is 3.79. The maximum atomic E-state index is 12.1. The van der Waals surface area contributed by atoms with Crippen LogP contribution in [0.25, 0.3) is 0 Å². The van der Waals surface area contributed by atoms with Crippen LogP contribution < -0.4 is 5.73 Å². The fraction of sp³-hybridized carbons (Fsp3) is 0.231. The van der Waals surface area contributed by atoms with Crippen molar-refractivity contribution in [2.24, 2.45) is 11.7 Å². The number of hydrogen-bond acceptors (Lipinski definition) is 5. The Morgan fingerprint density at radius 2 is 1.74 bits per heavy atom. The fourth-order valence-electron chi connectivity index (χ4n) is 1.53. The van der Waals surface area contributed by atoms with E-state index >= 15 is 0 Å². The molecule has 0 aliphatic heterocycles. The molecule has 0 unspecified atom stereocenters. The molecule has 0 bridgehead atoms. The lowest BCUT2D eigenvalue weighted by Crippen LogP contribution is -2.36. The minimum absolute atomic E-state index is 0.228. The normalized spacial score (nSPS) is 11.4. The third kappa shape index (κ3) is 3.74. The maximum absolute atomic E-state index is 12.1. The highest BCUT2D eigenvalue weighted by atomic mass is 16.5. The Morgan fingerprint density at radius 3 is 2.21 bits per heavy atom. The molecule has 0 heterocycles. The molecule has 1 rings (SSSR count). The molecule has 2 N–H and O–H groups in total. The lowest BCUT2D eigenvalue weighted by atomic mass is 9.90. The summed E-state index contributed by atoms with van der Waals surface area (Å²) in [6.07, 6.45) is -0.508. The van der Waals surface area contributed by atoms with Gasteiger partial charge in [0.1, 0.15) is 5.92 Å². The molecule has 1 amide bonds. The molecule has 0 aliphatic carbocycles. The largest absolute Gasteiger partial charge is 0.469 e. The number of carbonyl (C=O) groups is 4. The van der Waals surface area contributed by atoms with Crippen LogP contribution in [0.1, 0.15) is 16.8 Å². The average Bonchev–Trinajstić information content (AvgIpc) is 2.43. The number of esters is 1. The van der Waals surface area contributed by atoms with Gasteiger partial charge < -0.3 is 10.5 Å². The summed E-state index contributed by atoms with van der Waals surface area (Å²) in [6.45, 7) is 0. The molecular formula is C13H13NO5. The zero-order valence-electron chi connectivity index (χ0n) is 10.3. The molecule has 0 saturated heterocycles. The van der Waals surface area contributed by atoms with Gasteiger partial charge in [-0.25, -0.2) is 0 Å². The standard InChI is InChI=1S/C13H13NO5/c1-19-10(15)7-9(12(17)13(14)18)11(16)8-5-3-2-4-6-8/h2-6,9H,7H2,1H3,(H2,14,18)/t9-/m0/s1. The number of methoxy groups -OCH3 is 1. The van der Waals surface area contributed by atoms with Crippen molar-refractivity contribution >= 4 is 23.4 Å². The van der Waals surface area contributed by atoms with Gasteiger partial charge in [-0.2, -0.15) is 0 Å². The number of benzene rings is 1. The molecule has 6 nitrogen and oxygen atoms in total. The average molecular weight is 263 g/mol. The number of Topliss-reactive ketones (excluding diaryl/α,β-unsaturated/α-hetero) is 2. The van der Waals surface area contributed by atoms with Crippen molar-refractivity contribution in [3.8, 4) is 0 Å². The molecule has 1 aromatic carbocycles. The number of hydrogen-bond donors (Lipinski definition) is 1. The van der Waals surface area contributed by atoms with Gasteiger partial charge in [-0.15, -0.1) is 0 Å². The molecule has 100 valence electrons. The summed E-state index contributed by atoms with van der Waals surface area (Å²) < 4.78 is 4.40. The van der Waals surface area contributed by atoms with E-state index in [2.05, 4.69) is 4.74 Å². The third-order valence-corrected chi connectivity index (χ3v) is 2.53. The minimum atomic E-state index is -1.44. The molecule has 19 heavy (non-hydrogen) atoms. The molecule has 0 saturated carbocycles. The Labute approximate surface area is 109 Å². The lowest BCUT2D eigenvalue weighted by Gasteiger charge is -2.11. The van der Waals surface area contributed by atoms with E-state index in [1.165, 1.54) is 12.1 Å².